The Morgan fingerprint density at radius 2 is 2.10 bits per heavy atom. The molecule has 0 unspecified atom stereocenters. The maximum Gasteiger partial charge on any atom is 0.341 e. The van der Waals surface area contributed by atoms with Crippen LogP contribution in [0.4, 0.5) is 8.78 Å². The van der Waals surface area contributed by atoms with Gasteiger partial charge in [0.05, 0.1) is 24.6 Å². The van der Waals surface area contributed by atoms with Crippen molar-refractivity contribution in [2.45, 2.75) is 10.7 Å². The Labute approximate surface area is 118 Å². The maximum absolute atomic E-state index is 12.6. The lowest BCUT2D eigenvalue weighted by Crippen LogP contribution is -2.12. The molecule has 0 bridgehead atoms. The molecule has 2 rings (SSSR count). The normalized spacial score (nSPS) is 11.6. The summed E-state index contributed by atoms with van der Waals surface area (Å²) in [4.78, 5) is 10.2. The summed E-state index contributed by atoms with van der Waals surface area (Å²) in [5.74, 6) is -3.78. The molecule has 0 spiro atoms. The summed E-state index contributed by atoms with van der Waals surface area (Å²) in [6, 6.07) is 3.54. The highest BCUT2D eigenvalue weighted by Gasteiger charge is 2.30. The molecule has 1 aromatic carbocycles. The minimum Gasteiger partial charge on any atom is -0.495 e. The van der Waals surface area contributed by atoms with Gasteiger partial charge in [0.2, 0.25) is 9.84 Å². The zero-order valence-electron chi connectivity index (χ0n) is 10.7. The number of aromatic amines is 1. The number of sulfone groups is 1. The molecular formula is C12H10F2N2O4S. The molecule has 0 aliphatic carbocycles. The van der Waals surface area contributed by atoms with E-state index in [9.17, 15) is 22.0 Å². The predicted octanol–water partition coefficient (Wildman–Crippen LogP) is 1.89. The summed E-state index contributed by atoms with van der Waals surface area (Å²) < 4.78 is 53.1. The second kappa shape index (κ2) is 5.60. The second-order valence-electron chi connectivity index (χ2n) is 3.99. The lowest BCUT2D eigenvalue weighted by Gasteiger charge is -2.10. The van der Waals surface area contributed by atoms with Crippen LogP contribution >= 0.6 is 0 Å². The van der Waals surface area contributed by atoms with Gasteiger partial charge in [-0.15, -0.1) is 0 Å². The largest absolute Gasteiger partial charge is 0.495 e. The quantitative estimate of drug-likeness (QED) is 0.851. The molecule has 1 aromatic heterocycles. The van der Waals surface area contributed by atoms with Gasteiger partial charge >= 0.3 is 5.76 Å². The van der Waals surface area contributed by atoms with E-state index in [1.54, 1.807) is 0 Å². The number of carbonyl (C=O) groups is 1. The Hall–Kier alpha value is -2.29. The first-order chi connectivity index (χ1) is 9.91. The standard InChI is InChI=1S/C12H10F2N2O4S/c1-20-9-4-7(11-8(6-17)5-15-16-11)2-3-10(9)21(18,19)12(13)14/h2-6,12H,1H3,(H,15,16). The van der Waals surface area contributed by atoms with E-state index >= 15 is 0 Å². The zero-order chi connectivity index (χ0) is 15.6. The molecule has 0 saturated heterocycles. The van der Waals surface area contributed by atoms with E-state index < -0.39 is 20.5 Å². The fraction of sp³-hybridized carbons (Fsp3) is 0.167. The molecule has 0 saturated carbocycles. The van der Waals surface area contributed by atoms with Crippen molar-refractivity contribution >= 4 is 16.1 Å². The second-order valence-corrected chi connectivity index (χ2v) is 5.88. The molecule has 0 radical (unpaired) electrons. The lowest BCUT2D eigenvalue weighted by atomic mass is 10.1. The third-order valence-corrected chi connectivity index (χ3v) is 4.21. The molecule has 0 amide bonds. The minimum atomic E-state index is -4.77. The first kappa shape index (κ1) is 15.1. The number of methoxy groups -OCH3 is 1. The van der Waals surface area contributed by atoms with Crippen LogP contribution in [0.2, 0.25) is 0 Å². The van der Waals surface area contributed by atoms with Crippen molar-refractivity contribution in [1.82, 2.24) is 10.2 Å². The topological polar surface area (TPSA) is 89.1 Å². The van der Waals surface area contributed by atoms with Crippen molar-refractivity contribution < 1.29 is 26.7 Å². The molecule has 21 heavy (non-hydrogen) atoms. The first-order valence-corrected chi connectivity index (χ1v) is 7.15. The van der Waals surface area contributed by atoms with Gasteiger partial charge in [0, 0.05) is 5.56 Å². The number of ether oxygens (including phenoxy) is 1. The predicted molar refractivity (Wildman–Crippen MR) is 69.2 cm³/mol. The number of hydrogen-bond donors (Lipinski definition) is 1. The van der Waals surface area contributed by atoms with E-state index in [4.69, 9.17) is 4.74 Å². The van der Waals surface area contributed by atoms with Gasteiger partial charge in [-0.2, -0.15) is 13.9 Å². The van der Waals surface area contributed by atoms with Gasteiger partial charge in [-0.25, -0.2) is 8.42 Å². The molecule has 1 N–H and O–H groups in total. The molecule has 2 aromatic rings. The molecule has 6 nitrogen and oxygen atoms in total. The van der Waals surface area contributed by atoms with Gasteiger partial charge in [-0.1, -0.05) is 6.07 Å². The van der Waals surface area contributed by atoms with Crippen molar-refractivity contribution in [1.29, 1.82) is 0 Å². The molecule has 0 aliphatic rings. The molecule has 0 fully saturated rings. The molecule has 0 aliphatic heterocycles. The average Bonchev–Trinajstić information content (AvgIpc) is 2.94. The number of aldehydes is 1. The van der Waals surface area contributed by atoms with Crippen LogP contribution in [0, 0.1) is 0 Å². The van der Waals surface area contributed by atoms with Crippen LogP contribution in [0.25, 0.3) is 11.3 Å². The van der Waals surface area contributed by atoms with Crippen molar-refractivity contribution in [3.63, 3.8) is 0 Å². The summed E-state index contributed by atoms with van der Waals surface area (Å²) in [5.41, 5.74) is 0.977. The van der Waals surface area contributed by atoms with Crippen molar-refractivity contribution in [3.8, 4) is 17.0 Å². The summed E-state index contributed by atoms with van der Waals surface area (Å²) in [7, 11) is -3.61. The van der Waals surface area contributed by atoms with Gasteiger partial charge in [0.25, 0.3) is 0 Å². The summed E-state index contributed by atoms with van der Waals surface area (Å²) >= 11 is 0. The van der Waals surface area contributed by atoms with E-state index in [0.29, 0.717) is 17.5 Å². The van der Waals surface area contributed by atoms with Crippen LogP contribution in [0.1, 0.15) is 10.4 Å². The van der Waals surface area contributed by atoms with E-state index in [1.807, 2.05) is 0 Å². The highest BCUT2D eigenvalue weighted by Crippen LogP contribution is 2.32. The van der Waals surface area contributed by atoms with E-state index in [2.05, 4.69) is 10.2 Å². The third-order valence-electron chi connectivity index (χ3n) is 2.79. The van der Waals surface area contributed by atoms with Crippen LogP contribution in [-0.2, 0) is 9.84 Å². The number of carbonyl (C=O) groups excluding carboxylic acids is 1. The van der Waals surface area contributed by atoms with Crippen molar-refractivity contribution in [3.05, 3.63) is 30.0 Å². The summed E-state index contributed by atoms with van der Waals surface area (Å²) in [6.07, 6.45) is 1.85. The highest BCUT2D eigenvalue weighted by molar-refractivity contribution is 7.91. The number of hydrogen-bond acceptors (Lipinski definition) is 5. The van der Waals surface area contributed by atoms with Crippen LogP contribution in [0.15, 0.2) is 29.3 Å². The maximum atomic E-state index is 12.6. The van der Waals surface area contributed by atoms with Gasteiger partial charge in [-0.3, -0.25) is 9.89 Å². The van der Waals surface area contributed by atoms with Crippen molar-refractivity contribution in [2.75, 3.05) is 7.11 Å². The number of halogens is 2. The fourth-order valence-corrected chi connectivity index (χ4v) is 2.64. The Morgan fingerprint density at radius 1 is 1.38 bits per heavy atom. The Kier molecular flexibility index (Phi) is 4.03. The average molecular weight is 316 g/mol. The Bertz CT molecular complexity index is 771. The minimum absolute atomic E-state index is 0.237. The number of rotatable bonds is 5. The summed E-state index contributed by atoms with van der Waals surface area (Å²) in [5, 5.41) is 6.26. The Balaban J connectivity index is 2.59. The molecule has 9 heteroatoms. The first-order valence-electron chi connectivity index (χ1n) is 5.60. The number of aromatic nitrogens is 2. The number of alkyl halides is 2. The molecule has 112 valence electrons. The molecule has 1 heterocycles. The lowest BCUT2D eigenvalue weighted by molar-refractivity contribution is 0.112. The van der Waals surface area contributed by atoms with Crippen LogP contribution in [0.5, 0.6) is 5.75 Å². The SMILES string of the molecule is COc1cc(-c2[nH]ncc2C=O)ccc1S(=O)(=O)C(F)F. The van der Waals surface area contributed by atoms with Crippen molar-refractivity contribution in [2.24, 2.45) is 0 Å². The fourth-order valence-electron chi connectivity index (χ4n) is 1.77. The highest BCUT2D eigenvalue weighted by atomic mass is 32.2. The molecular weight excluding hydrogens is 306 g/mol. The van der Waals surface area contributed by atoms with E-state index in [-0.39, 0.29) is 11.3 Å². The monoisotopic (exact) mass is 316 g/mol. The van der Waals surface area contributed by atoms with E-state index in [0.717, 1.165) is 13.2 Å². The van der Waals surface area contributed by atoms with Crippen LogP contribution in [0.3, 0.4) is 0 Å². The Morgan fingerprint density at radius 3 is 2.67 bits per heavy atom. The number of nitrogens with one attached hydrogen (secondary N) is 1. The van der Waals surface area contributed by atoms with Gasteiger partial charge in [0.15, 0.2) is 6.29 Å². The van der Waals surface area contributed by atoms with Crippen LogP contribution in [-0.4, -0.2) is 37.8 Å². The van der Waals surface area contributed by atoms with Gasteiger partial charge in [0.1, 0.15) is 10.6 Å². The summed E-state index contributed by atoms with van der Waals surface area (Å²) in [6.45, 7) is 0. The van der Waals surface area contributed by atoms with Gasteiger partial charge < -0.3 is 4.74 Å². The number of H-pyrrole nitrogens is 1. The number of nitrogens with zero attached hydrogens (tertiary/aromatic N) is 1. The number of benzene rings is 1. The van der Waals surface area contributed by atoms with Gasteiger partial charge in [-0.05, 0) is 12.1 Å². The third kappa shape index (κ3) is 2.64. The smallest absolute Gasteiger partial charge is 0.341 e. The molecule has 0 atom stereocenters. The van der Waals surface area contributed by atoms with E-state index in [1.165, 1.54) is 18.3 Å². The van der Waals surface area contributed by atoms with Crippen LogP contribution < -0.4 is 4.74 Å². The zero-order valence-corrected chi connectivity index (χ0v) is 11.5.